The fourth-order valence-corrected chi connectivity index (χ4v) is 7.23. The Labute approximate surface area is 254 Å². The maximum absolute atomic E-state index is 14.1. The molecule has 0 heterocycles. The van der Waals surface area contributed by atoms with E-state index in [0.717, 1.165) is 0 Å². The van der Waals surface area contributed by atoms with Gasteiger partial charge in [-0.25, -0.2) is 0 Å². The van der Waals surface area contributed by atoms with Gasteiger partial charge in [0.05, 0.1) is 24.5 Å². The van der Waals surface area contributed by atoms with Gasteiger partial charge in [-0.15, -0.1) is 0 Å². The van der Waals surface area contributed by atoms with Crippen LogP contribution in [-0.4, -0.2) is 101 Å². The third-order valence-corrected chi connectivity index (χ3v) is 9.27. The summed E-state index contributed by atoms with van der Waals surface area (Å²) in [5.74, 6) is -7.70. The second kappa shape index (κ2) is 11.0. The first-order valence-corrected chi connectivity index (χ1v) is 14.2. The van der Waals surface area contributed by atoms with E-state index >= 15 is 0 Å². The SMILES string of the molecule is COc1ccc(CNc2cc(N(C)C)c3c(c2O)C(O)=C2C(=O)[C@@]4(O)C(=O)C(C(N)=O)C(O)C(N(C)C)[C@H]4C[C@H]2C3)cc1O. The van der Waals surface area contributed by atoms with E-state index in [2.05, 4.69) is 5.32 Å². The van der Waals surface area contributed by atoms with Gasteiger partial charge >= 0.3 is 0 Å². The summed E-state index contributed by atoms with van der Waals surface area (Å²) < 4.78 is 5.08. The van der Waals surface area contributed by atoms with E-state index in [9.17, 15) is 39.9 Å². The van der Waals surface area contributed by atoms with Gasteiger partial charge in [-0.2, -0.15) is 0 Å². The quantitative estimate of drug-likeness (QED) is 0.169. The summed E-state index contributed by atoms with van der Waals surface area (Å²) in [4.78, 5) is 43.3. The number of primary amides is 1. The second-order valence-electron chi connectivity index (χ2n) is 12.2. The number of likely N-dealkylation sites (N-methyl/N-ethyl adjacent to an activating group) is 1. The zero-order chi connectivity index (χ0) is 32.4. The van der Waals surface area contributed by atoms with Crippen molar-refractivity contribution in [3.63, 3.8) is 0 Å². The molecule has 0 aromatic heterocycles. The lowest BCUT2D eigenvalue weighted by molar-refractivity contribution is -0.184. The standard InChI is InChI=1S/C31H38N4O9/c1-34(2)18-11-17(33-12-13-6-7-20(44-5)19(36)8-13)25(37)22-15(18)9-14-10-16-24(35(3)4)27(39)23(30(32)42)29(41)31(16,43)28(40)21(14)26(22)38/h6-8,11,14,16,23-24,27,33,36-39,43H,9-10,12H2,1-5H3,(H2,32,42)/t14-,16-,23?,24?,27?,31-/m1/s1. The van der Waals surface area contributed by atoms with Crippen LogP contribution >= 0.6 is 0 Å². The Morgan fingerprint density at radius 2 is 1.82 bits per heavy atom. The fourth-order valence-electron chi connectivity index (χ4n) is 7.23. The van der Waals surface area contributed by atoms with Crippen LogP contribution < -0.4 is 20.7 Å². The molecular weight excluding hydrogens is 572 g/mol. The van der Waals surface area contributed by atoms with E-state index in [1.165, 1.54) is 13.2 Å². The van der Waals surface area contributed by atoms with Crippen LogP contribution in [0.2, 0.25) is 0 Å². The zero-order valence-corrected chi connectivity index (χ0v) is 25.2. The summed E-state index contributed by atoms with van der Waals surface area (Å²) in [5.41, 5.74) is 4.59. The van der Waals surface area contributed by atoms with E-state index in [4.69, 9.17) is 10.5 Å². The number of aliphatic hydroxyl groups excluding tert-OH is 2. The molecule has 0 saturated heterocycles. The van der Waals surface area contributed by atoms with Crippen molar-refractivity contribution >= 4 is 34.6 Å². The number of carbonyl (C=O) groups excluding carboxylic acids is 3. The number of amides is 1. The lowest BCUT2D eigenvalue weighted by Gasteiger charge is -2.53. The predicted octanol–water partition coefficient (Wildman–Crippen LogP) is 0.521. The van der Waals surface area contributed by atoms with Gasteiger partial charge in [-0.3, -0.25) is 14.4 Å². The number of nitrogens with zero attached hydrogens (tertiary/aromatic N) is 2. The van der Waals surface area contributed by atoms with Gasteiger partial charge in [0.15, 0.2) is 22.9 Å². The number of ether oxygens (including phenoxy) is 1. The molecule has 5 rings (SSSR count). The van der Waals surface area contributed by atoms with Crippen LogP contribution in [0.1, 0.15) is 23.1 Å². The first-order chi connectivity index (χ1) is 20.6. The summed E-state index contributed by atoms with van der Waals surface area (Å²) in [6, 6.07) is 5.59. The number of methoxy groups -OCH3 is 1. The van der Waals surface area contributed by atoms with E-state index in [1.54, 1.807) is 56.2 Å². The first kappa shape index (κ1) is 31.1. The number of carbonyl (C=O) groups is 3. The Balaban J connectivity index is 1.61. The highest BCUT2D eigenvalue weighted by molar-refractivity contribution is 6.25. The minimum Gasteiger partial charge on any atom is -0.507 e. The average Bonchev–Trinajstić information content (AvgIpc) is 2.94. The van der Waals surface area contributed by atoms with E-state index in [1.807, 2.05) is 0 Å². The zero-order valence-electron chi connectivity index (χ0n) is 25.2. The van der Waals surface area contributed by atoms with Gasteiger partial charge in [-0.05, 0) is 62.2 Å². The number of rotatable bonds is 7. The highest BCUT2D eigenvalue weighted by Gasteiger charge is 2.67. The average molecular weight is 611 g/mol. The molecule has 2 aromatic rings. The lowest BCUT2D eigenvalue weighted by atomic mass is 9.54. The lowest BCUT2D eigenvalue weighted by Crippen LogP contribution is -2.73. The molecular formula is C31H38N4O9. The van der Waals surface area contributed by atoms with Gasteiger partial charge in [-0.1, -0.05) is 6.07 Å². The molecule has 6 atom stereocenters. The Morgan fingerprint density at radius 1 is 1.14 bits per heavy atom. The van der Waals surface area contributed by atoms with Crippen LogP contribution in [0.25, 0.3) is 5.76 Å². The Bertz CT molecular complexity index is 1590. The minimum atomic E-state index is -2.72. The normalized spacial score (nSPS) is 27.9. The highest BCUT2D eigenvalue weighted by Crippen LogP contribution is 2.54. The molecule has 236 valence electrons. The number of Topliss-reactive ketones (excluding diaryl/α,β-unsaturated/α-hetero) is 2. The molecule has 3 aliphatic carbocycles. The van der Waals surface area contributed by atoms with Gasteiger partial charge in [0.25, 0.3) is 0 Å². The molecule has 0 radical (unpaired) electrons. The number of aliphatic hydroxyl groups is 3. The Hall–Kier alpha value is -4.33. The molecule has 13 nitrogen and oxygen atoms in total. The molecule has 0 bridgehead atoms. The van der Waals surface area contributed by atoms with Crippen molar-refractivity contribution in [2.24, 2.45) is 23.5 Å². The van der Waals surface area contributed by atoms with Crippen molar-refractivity contribution in [1.29, 1.82) is 0 Å². The van der Waals surface area contributed by atoms with Crippen molar-refractivity contribution in [2.75, 3.05) is 45.5 Å². The van der Waals surface area contributed by atoms with Crippen LogP contribution in [0.4, 0.5) is 11.4 Å². The summed E-state index contributed by atoms with van der Waals surface area (Å²) in [5, 5.41) is 59.2. The molecule has 1 amide bonds. The molecule has 8 N–H and O–H groups in total. The molecule has 44 heavy (non-hydrogen) atoms. The van der Waals surface area contributed by atoms with Crippen molar-refractivity contribution in [2.45, 2.75) is 37.1 Å². The van der Waals surface area contributed by atoms with Gasteiger partial charge in [0.1, 0.15) is 17.4 Å². The number of phenolic OH excluding ortho intramolecular Hbond substituents is 2. The number of aromatic hydroxyl groups is 2. The minimum absolute atomic E-state index is 0.0168. The van der Waals surface area contributed by atoms with Crippen molar-refractivity contribution in [3.05, 3.63) is 46.5 Å². The second-order valence-corrected chi connectivity index (χ2v) is 12.2. The van der Waals surface area contributed by atoms with Gasteiger partial charge in [0, 0.05) is 43.9 Å². The highest BCUT2D eigenvalue weighted by atomic mass is 16.5. The number of benzene rings is 2. The Kier molecular flexibility index (Phi) is 7.77. The van der Waals surface area contributed by atoms with Crippen molar-refractivity contribution in [3.8, 4) is 17.2 Å². The third kappa shape index (κ3) is 4.54. The van der Waals surface area contributed by atoms with Gasteiger partial charge < -0.3 is 51.1 Å². The van der Waals surface area contributed by atoms with E-state index in [-0.39, 0.29) is 47.7 Å². The molecule has 2 fully saturated rings. The first-order valence-electron chi connectivity index (χ1n) is 14.2. The largest absolute Gasteiger partial charge is 0.507 e. The number of ketones is 2. The number of hydrogen-bond acceptors (Lipinski definition) is 12. The van der Waals surface area contributed by atoms with Crippen LogP contribution in [0.3, 0.4) is 0 Å². The van der Waals surface area contributed by atoms with Crippen LogP contribution in [0.15, 0.2) is 29.8 Å². The van der Waals surface area contributed by atoms with E-state index < -0.39 is 58.7 Å². The number of phenols is 2. The molecule has 13 heteroatoms. The van der Waals surface area contributed by atoms with Crippen molar-refractivity contribution < 1.29 is 44.7 Å². The van der Waals surface area contributed by atoms with Crippen LogP contribution in [0.5, 0.6) is 17.2 Å². The summed E-state index contributed by atoms with van der Waals surface area (Å²) in [6.45, 7) is 0.175. The molecule has 0 spiro atoms. The van der Waals surface area contributed by atoms with Crippen LogP contribution in [0, 0.1) is 17.8 Å². The molecule has 2 saturated carbocycles. The van der Waals surface area contributed by atoms with Crippen molar-refractivity contribution in [1.82, 2.24) is 4.90 Å². The number of nitrogens with one attached hydrogen (secondary N) is 1. The molecule has 3 aliphatic rings. The molecule has 0 aliphatic heterocycles. The number of fused-ring (bicyclic) bond motifs is 3. The fraction of sp³-hybridized carbons (Fsp3) is 0.452. The molecule has 2 aromatic carbocycles. The smallest absolute Gasteiger partial charge is 0.230 e. The van der Waals surface area contributed by atoms with Gasteiger partial charge in [0.2, 0.25) is 11.7 Å². The molecule has 3 unspecified atom stereocenters. The number of nitrogens with two attached hydrogens (primary N) is 1. The summed E-state index contributed by atoms with van der Waals surface area (Å²) in [7, 11) is 8.24. The monoisotopic (exact) mass is 610 g/mol. The summed E-state index contributed by atoms with van der Waals surface area (Å²) >= 11 is 0. The maximum atomic E-state index is 14.1. The Morgan fingerprint density at radius 3 is 2.39 bits per heavy atom. The topological polar surface area (TPSA) is 206 Å². The third-order valence-electron chi connectivity index (χ3n) is 9.27. The predicted molar refractivity (Wildman–Crippen MR) is 160 cm³/mol. The summed E-state index contributed by atoms with van der Waals surface area (Å²) in [6.07, 6.45) is -1.33. The van der Waals surface area contributed by atoms with Crippen LogP contribution in [-0.2, 0) is 27.3 Å². The number of hydrogen-bond donors (Lipinski definition) is 7. The van der Waals surface area contributed by atoms with E-state index in [0.29, 0.717) is 22.6 Å². The number of anilines is 2. The maximum Gasteiger partial charge on any atom is 0.230 e.